The van der Waals surface area contributed by atoms with Gasteiger partial charge in [-0.2, -0.15) is 0 Å². The summed E-state index contributed by atoms with van der Waals surface area (Å²) in [5.41, 5.74) is 0.961. The zero-order chi connectivity index (χ0) is 17.9. The van der Waals surface area contributed by atoms with Crippen LogP contribution in [0.15, 0.2) is 24.3 Å². The normalized spacial score (nSPS) is 12.0. The minimum atomic E-state index is -0.282. The van der Waals surface area contributed by atoms with Crippen LogP contribution in [-0.4, -0.2) is 18.0 Å². The molecular weight excluding hydrogens is 419 g/mol. The van der Waals surface area contributed by atoms with Crippen molar-refractivity contribution in [2.75, 3.05) is 0 Å². The Kier molecular flexibility index (Phi) is 9.98. The van der Waals surface area contributed by atoms with Crippen LogP contribution >= 0.6 is 22.6 Å². The van der Waals surface area contributed by atoms with E-state index in [9.17, 15) is 9.59 Å². The highest BCUT2D eigenvalue weighted by molar-refractivity contribution is 14.1. The van der Waals surface area contributed by atoms with Crippen molar-refractivity contribution in [3.05, 3.63) is 33.4 Å². The van der Waals surface area contributed by atoms with Gasteiger partial charge in [-0.05, 0) is 59.0 Å². The van der Waals surface area contributed by atoms with E-state index in [0.29, 0.717) is 12.3 Å². The van der Waals surface area contributed by atoms with Crippen molar-refractivity contribution in [2.24, 2.45) is 5.92 Å². The lowest BCUT2D eigenvalue weighted by Gasteiger charge is -2.20. The number of ether oxygens (including phenoxy) is 2. The molecule has 0 aliphatic heterocycles. The largest absolute Gasteiger partial charge is 0.462 e. The van der Waals surface area contributed by atoms with E-state index < -0.39 is 0 Å². The second kappa shape index (κ2) is 11.4. The summed E-state index contributed by atoms with van der Waals surface area (Å²) in [5.74, 6) is -0.198. The summed E-state index contributed by atoms with van der Waals surface area (Å²) in [4.78, 5) is 23.6. The SMILES string of the molecule is CCCC(OC(=O)CCCC(=O)OCc1ccc(I)cc1)C(C)C. The molecule has 134 valence electrons. The number of hydrogen-bond donors (Lipinski definition) is 0. The first-order valence-electron chi connectivity index (χ1n) is 8.52. The molecule has 0 heterocycles. The number of rotatable bonds is 10. The van der Waals surface area contributed by atoms with E-state index in [0.717, 1.165) is 22.0 Å². The van der Waals surface area contributed by atoms with Crippen LogP contribution in [0.4, 0.5) is 0 Å². The Morgan fingerprint density at radius 1 is 1.08 bits per heavy atom. The fraction of sp³-hybridized carbons (Fsp3) is 0.579. The molecule has 0 radical (unpaired) electrons. The highest BCUT2D eigenvalue weighted by atomic mass is 127. The topological polar surface area (TPSA) is 52.6 Å². The average molecular weight is 446 g/mol. The maximum Gasteiger partial charge on any atom is 0.306 e. The van der Waals surface area contributed by atoms with Crippen LogP contribution in [0, 0.1) is 9.49 Å². The van der Waals surface area contributed by atoms with E-state index in [1.807, 2.05) is 24.3 Å². The molecule has 0 aliphatic carbocycles. The molecule has 0 saturated carbocycles. The molecule has 1 unspecified atom stereocenters. The van der Waals surface area contributed by atoms with Crippen molar-refractivity contribution in [3.8, 4) is 0 Å². The molecule has 1 aromatic rings. The number of carbonyl (C=O) groups is 2. The fourth-order valence-corrected chi connectivity index (χ4v) is 2.59. The number of hydrogen-bond acceptors (Lipinski definition) is 4. The number of esters is 2. The maximum absolute atomic E-state index is 11.9. The van der Waals surface area contributed by atoms with E-state index in [4.69, 9.17) is 9.47 Å². The molecule has 4 nitrogen and oxygen atoms in total. The molecule has 1 aromatic carbocycles. The summed E-state index contributed by atoms with van der Waals surface area (Å²) in [6, 6.07) is 7.82. The van der Waals surface area contributed by atoms with Gasteiger partial charge >= 0.3 is 11.9 Å². The van der Waals surface area contributed by atoms with Gasteiger partial charge in [0, 0.05) is 16.4 Å². The minimum Gasteiger partial charge on any atom is -0.462 e. The van der Waals surface area contributed by atoms with Crippen molar-refractivity contribution in [1.82, 2.24) is 0 Å². The van der Waals surface area contributed by atoms with Crippen molar-refractivity contribution in [2.45, 2.75) is 65.6 Å². The summed E-state index contributed by atoms with van der Waals surface area (Å²) in [7, 11) is 0. The van der Waals surface area contributed by atoms with Crippen molar-refractivity contribution in [1.29, 1.82) is 0 Å². The lowest BCUT2D eigenvalue weighted by atomic mass is 10.0. The predicted molar refractivity (Wildman–Crippen MR) is 102 cm³/mol. The Bertz CT molecular complexity index is 511. The first-order valence-corrected chi connectivity index (χ1v) is 9.59. The number of benzene rings is 1. The quantitative estimate of drug-likeness (QED) is 0.380. The fourth-order valence-electron chi connectivity index (χ4n) is 2.23. The molecule has 0 fully saturated rings. The van der Waals surface area contributed by atoms with Crippen LogP contribution in [0.5, 0.6) is 0 Å². The monoisotopic (exact) mass is 446 g/mol. The zero-order valence-electron chi connectivity index (χ0n) is 14.7. The van der Waals surface area contributed by atoms with Gasteiger partial charge in [-0.15, -0.1) is 0 Å². The van der Waals surface area contributed by atoms with Gasteiger partial charge in [0.1, 0.15) is 12.7 Å². The number of carbonyl (C=O) groups excluding carboxylic acids is 2. The third kappa shape index (κ3) is 8.66. The molecule has 0 aromatic heterocycles. The van der Waals surface area contributed by atoms with Gasteiger partial charge in [0.05, 0.1) is 0 Å². The molecule has 5 heteroatoms. The van der Waals surface area contributed by atoms with E-state index in [-0.39, 0.29) is 37.5 Å². The van der Waals surface area contributed by atoms with Gasteiger partial charge in [-0.1, -0.05) is 39.3 Å². The Morgan fingerprint density at radius 2 is 1.71 bits per heavy atom. The first kappa shape index (κ1) is 20.9. The van der Waals surface area contributed by atoms with Gasteiger partial charge < -0.3 is 9.47 Å². The zero-order valence-corrected chi connectivity index (χ0v) is 16.9. The van der Waals surface area contributed by atoms with E-state index in [1.165, 1.54) is 0 Å². The summed E-state index contributed by atoms with van der Waals surface area (Å²) in [6.07, 6.45) is 2.78. The molecule has 0 N–H and O–H groups in total. The van der Waals surface area contributed by atoms with Crippen LogP contribution in [0.1, 0.15) is 58.4 Å². The lowest BCUT2D eigenvalue weighted by molar-refractivity contribution is -0.152. The standard InChI is InChI=1S/C19H27IO4/c1-4-6-17(14(2)3)24-19(22)8-5-7-18(21)23-13-15-9-11-16(20)12-10-15/h9-12,14,17H,4-8,13H2,1-3H3. The molecule has 0 bridgehead atoms. The molecule has 0 spiro atoms. The molecule has 1 rings (SSSR count). The second-order valence-corrected chi connectivity index (χ2v) is 7.45. The van der Waals surface area contributed by atoms with Gasteiger partial charge in [0.25, 0.3) is 0 Å². The molecule has 0 aliphatic rings. The van der Waals surface area contributed by atoms with Crippen LogP contribution in [0.2, 0.25) is 0 Å². The van der Waals surface area contributed by atoms with Crippen LogP contribution in [0.3, 0.4) is 0 Å². The summed E-state index contributed by atoms with van der Waals surface area (Å²) >= 11 is 2.23. The van der Waals surface area contributed by atoms with E-state index in [1.54, 1.807) is 0 Å². The molecule has 24 heavy (non-hydrogen) atoms. The van der Waals surface area contributed by atoms with E-state index in [2.05, 4.69) is 43.4 Å². The Morgan fingerprint density at radius 3 is 2.29 bits per heavy atom. The van der Waals surface area contributed by atoms with Crippen LogP contribution in [0.25, 0.3) is 0 Å². The second-order valence-electron chi connectivity index (χ2n) is 6.20. The Balaban J connectivity index is 2.22. The maximum atomic E-state index is 11.9. The smallest absolute Gasteiger partial charge is 0.306 e. The van der Waals surface area contributed by atoms with Gasteiger partial charge in [0.2, 0.25) is 0 Å². The Hall–Kier alpha value is -1.11. The van der Waals surface area contributed by atoms with Gasteiger partial charge in [-0.25, -0.2) is 0 Å². The molecular formula is C19H27IO4. The first-order chi connectivity index (χ1) is 11.4. The van der Waals surface area contributed by atoms with E-state index >= 15 is 0 Å². The van der Waals surface area contributed by atoms with Crippen LogP contribution < -0.4 is 0 Å². The Labute approximate surface area is 158 Å². The lowest BCUT2D eigenvalue weighted by Crippen LogP contribution is -2.23. The molecule has 0 amide bonds. The number of halogens is 1. The molecule has 1 atom stereocenters. The molecule has 0 saturated heterocycles. The van der Waals surface area contributed by atoms with Crippen molar-refractivity contribution < 1.29 is 19.1 Å². The highest BCUT2D eigenvalue weighted by Crippen LogP contribution is 2.14. The minimum absolute atomic E-state index is 0.0321. The highest BCUT2D eigenvalue weighted by Gasteiger charge is 2.17. The van der Waals surface area contributed by atoms with Crippen molar-refractivity contribution in [3.63, 3.8) is 0 Å². The van der Waals surface area contributed by atoms with Gasteiger partial charge in [0.15, 0.2) is 0 Å². The predicted octanol–water partition coefficient (Wildman–Crippen LogP) is 4.87. The average Bonchev–Trinajstić information content (AvgIpc) is 2.54. The third-order valence-corrected chi connectivity index (χ3v) is 4.39. The summed E-state index contributed by atoms with van der Waals surface area (Å²) in [5, 5.41) is 0. The third-order valence-electron chi connectivity index (χ3n) is 3.67. The van der Waals surface area contributed by atoms with Crippen LogP contribution in [-0.2, 0) is 25.7 Å². The summed E-state index contributed by atoms with van der Waals surface area (Å²) in [6.45, 7) is 6.45. The summed E-state index contributed by atoms with van der Waals surface area (Å²) < 4.78 is 11.8. The van der Waals surface area contributed by atoms with Gasteiger partial charge in [-0.3, -0.25) is 9.59 Å². The van der Waals surface area contributed by atoms with Crippen molar-refractivity contribution >= 4 is 34.5 Å².